The van der Waals surface area contributed by atoms with E-state index in [1.165, 1.54) is 30.3 Å². The van der Waals surface area contributed by atoms with Crippen LogP contribution >= 0.6 is 0 Å². The van der Waals surface area contributed by atoms with Crippen molar-refractivity contribution in [1.29, 1.82) is 0 Å². The van der Waals surface area contributed by atoms with Crippen LogP contribution in [0.3, 0.4) is 0 Å². The predicted molar refractivity (Wildman–Crippen MR) is 44.9 cm³/mol. The topological polar surface area (TPSA) is 0 Å². The second kappa shape index (κ2) is 2.23. The smallest absolute Gasteiger partial charge is 0.0964 e. The summed E-state index contributed by atoms with van der Waals surface area (Å²) in [5, 5.41) is 0. The second-order valence-electron chi connectivity index (χ2n) is 4.41. The third-order valence-electron chi connectivity index (χ3n) is 3.22. The van der Waals surface area contributed by atoms with Crippen molar-refractivity contribution in [1.82, 2.24) is 0 Å². The first-order valence-electron chi connectivity index (χ1n) is 4.35. The highest BCUT2D eigenvalue weighted by Gasteiger charge is 2.51. The Morgan fingerprint density at radius 2 is 1.80 bits per heavy atom. The number of hydrogen-bond acceptors (Lipinski definition) is 0. The van der Waals surface area contributed by atoms with Crippen molar-refractivity contribution in [3.8, 4) is 0 Å². The fourth-order valence-electron chi connectivity index (χ4n) is 1.62. The lowest BCUT2D eigenvalue weighted by atomic mass is 10.2. The fourth-order valence-corrected chi connectivity index (χ4v) is 1.62. The van der Waals surface area contributed by atoms with Gasteiger partial charge in [-0.3, -0.25) is 0 Å². The van der Waals surface area contributed by atoms with E-state index in [-0.39, 0.29) is 0 Å². The summed E-state index contributed by atoms with van der Waals surface area (Å²) >= 11 is 0. The Morgan fingerprint density at radius 3 is 2.10 bits per heavy atom. The molecule has 0 radical (unpaired) electrons. The van der Waals surface area contributed by atoms with E-state index in [1.807, 2.05) is 0 Å². The van der Waals surface area contributed by atoms with Gasteiger partial charge in [-0.25, -0.2) is 0 Å². The van der Waals surface area contributed by atoms with Gasteiger partial charge in [0, 0.05) is 12.8 Å². The first-order valence-corrected chi connectivity index (χ1v) is 4.35. The Hall–Kier alpha value is -0.0400. The van der Waals surface area contributed by atoms with E-state index < -0.39 is 0 Å². The monoisotopic (exact) mass is 142 g/mol. The molecule has 0 heterocycles. The highest BCUT2D eigenvalue weighted by molar-refractivity contribution is 4.90. The van der Waals surface area contributed by atoms with Gasteiger partial charge in [0.25, 0.3) is 0 Å². The van der Waals surface area contributed by atoms with Crippen LogP contribution in [0.2, 0.25) is 0 Å². The molecule has 0 aliphatic heterocycles. The zero-order chi connectivity index (χ0) is 7.83. The van der Waals surface area contributed by atoms with E-state index in [9.17, 15) is 0 Å². The first-order chi connectivity index (χ1) is 4.52. The summed E-state index contributed by atoms with van der Waals surface area (Å²) in [6, 6.07) is 0. The molecule has 1 rings (SSSR count). The molecule has 1 nitrogen and oxygen atoms in total. The van der Waals surface area contributed by atoms with Crippen molar-refractivity contribution in [2.24, 2.45) is 0 Å². The minimum atomic E-state index is 0.635. The SMILES string of the molecule is CCC[N+](C)(C)C1(C)CC1. The van der Waals surface area contributed by atoms with E-state index >= 15 is 0 Å². The standard InChI is InChI=1S/C9H20N/c1-5-8-10(3,4)9(2)6-7-9/h5-8H2,1-4H3/q+1. The number of hydrogen-bond donors (Lipinski definition) is 0. The van der Waals surface area contributed by atoms with E-state index in [2.05, 4.69) is 27.9 Å². The van der Waals surface area contributed by atoms with Crippen LogP contribution in [0.4, 0.5) is 0 Å². The molecular formula is C9H20N+. The Bertz CT molecular complexity index is 123. The lowest BCUT2D eigenvalue weighted by molar-refractivity contribution is -0.924. The summed E-state index contributed by atoms with van der Waals surface area (Å²) in [5.41, 5.74) is 0.635. The highest BCUT2D eigenvalue weighted by atomic mass is 15.4. The van der Waals surface area contributed by atoms with Crippen molar-refractivity contribution in [3.63, 3.8) is 0 Å². The molecular weight excluding hydrogens is 122 g/mol. The van der Waals surface area contributed by atoms with E-state index in [0.29, 0.717) is 5.54 Å². The number of rotatable bonds is 3. The van der Waals surface area contributed by atoms with Gasteiger partial charge in [0.15, 0.2) is 0 Å². The third kappa shape index (κ3) is 1.20. The molecule has 10 heavy (non-hydrogen) atoms. The van der Waals surface area contributed by atoms with Gasteiger partial charge in [-0.2, -0.15) is 0 Å². The van der Waals surface area contributed by atoms with Crippen LogP contribution in [-0.2, 0) is 0 Å². The van der Waals surface area contributed by atoms with Gasteiger partial charge in [0.05, 0.1) is 26.2 Å². The Kier molecular flexibility index (Phi) is 1.80. The van der Waals surface area contributed by atoms with Gasteiger partial charge < -0.3 is 4.48 Å². The quantitative estimate of drug-likeness (QED) is 0.529. The van der Waals surface area contributed by atoms with Crippen molar-refractivity contribution in [3.05, 3.63) is 0 Å². The number of nitrogens with zero attached hydrogens (tertiary/aromatic N) is 1. The normalized spacial score (nSPS) is 22.8. The fraction of sp³-hybridized carbons (Fsp3) is 1.00. The van der Waals surface area contributed by atoms with Gasteiger partial charge >= 0.3 is 0 Å². The van der Waals surface area contributed by atoms with Crippen LogP contribution in [0, 0.1) is 0 Å². The summed E-state index contributed by atoms with van der Waals surface area (Å²) < 4.78 is 1.23. The van der Waals surface area contributed by atoms with Gasteiger partial charge in [0.2, 0.25) is 0 Å². The Morgan fingerprint density at radius 1 is 1.30 bits per heavy atom. The van der Waals surface area contributed by atoms with Crippen LogP contribution in [0.25, 0.3) is 0 Å². The molecule has 1 saturated carbocycles. The molecule has 1 aliphatic rings. The van der Waals surface area contributed by atoms with E-state index in [4.69, 9.17) is 0 Å². The summed E-state index contributed by atoms with van der Waals surface area (Å²) in [4.78, 5) is 0. The Balaban J connectivity index is 2.50. The molecule has 1 aliphatic carbocycles. The molecule has 0 bridgehead atoms. The maximum Gasteiger partial charge on any atom is 0.0964 e. The largest absolute Gasteiger partial charge is 0.324 e. The van der Waals surface area contributed by atoms with Gasteiger partial charge in [-0.15, -0.1) is 0 Å². The third-order valence-corrected chi connectivity index (χ3v) is 3.22. The lowest BCUT2D eigenvalue weighted by Gasteiger charge is -2.36. The van der Waals surface area contributed by atoms with E-state index in [1.54, 1.807) is 0 Å². The molecule has 60 valence electrons. The lowest BCUT2D eigenvalue weighted by Crippen LogP contribution is -2.49. The zero-order valence-corrected chi connectivity index (χ0v) is 7.78. The summed E-state index contributed by atoms with van der Waals surface area (Å²) in [7, 11) is 4.72. The van der Waals surface area contributed by atoms with Gasteiger partial charge in [-0.1, -0.05) is 6.92 Å². The molecule has 0 saturated heterocycles. The van der Waals surface area contributed by atoms with Crippen molar-refractivity contribution >= 4 is 0 Å². The second-order valence-corrected chi connectivity index (χ2v) is 4.41. The van der Waals surface area contributed by atoms with Crippen molar-refractivity contribution < 1.29 is 4.48 Å². The molecule has 1 fully saturated rings. The maximum absolute atomic E-state index is 2.41. The van der Waals surface area contributed by atoms with Gasteiger partial charge in [0.1, 0.15) is 0 Å². The highest BCUT2D eigenvalue weighted by Crippen LogP contribution is 2.44. The summed E-state index contributed by atoms with van der Waals surface area (Å²) in [6.07, 6.45) is 4.17. The predicted octanol–water partition coefficient (Wildman–Crippen LogP) is 2.03. The Labute approximate surface area is 64.6 Å². The van der Waals surface area contributed by atoms with E-state index in [0.717, 1.165) is 0 Å². The van der Waals surface area contributed by atoms with Crippen LogP contribution in [0.15, 0.2) is 0 Å². The molecule has 0 aromatic rings. The van der Waals surface area contributed by atoms with Crippen LogP contribution < -0.4 is 0 Å². The van der Waals surface area contributed by atoms with Crippen LogP contribution in [0.1, 0.15) is 33.1 Å². The molecule has 0 aromatic carbocycles. The molecule has 1 heteroatoms. The van der Waals surface area contributed by atoms with Crippen molar-refractivity contribution in [2.45, 2.75) is 38.6 Å². The molecule has 0 spiro atoms. The minimum absolute atomic E-state index is 0.635. The van der Waals surface area contributed by atoms with Crippen LogP contribution in [-0.4, -0.2) is 30.7 Å². The first kappa shape index (κ1) is 8.06. The molecule has 0 N–H and O–H groups in total. The molecule has 0 aromatic heterocycles. The maximum atomic E-state index is 2.41. The zero-order valence-electron chi connectivity index (χ0n) is 7.78. The average molecular weight is 142 g/mol. The molecule has 0 atom stereocenters. The average Bonchev–Trinajstić information content (AvgIpc) is 2.49. The molecule has 0 amide bonds. The minimum Gasteiger partial charge on any atom is -0.324 e. The van der Waals surface area contributed by atoms with Crippen LogP contribution in [0.5, 0.6) is 0 Å². The van der Waals surface area contributed by atoms with Crippen molar-refractivity contribution in [2.75, 3.05) is 20.6 Å². The summed E-state index contributed by atoms with van der Waals surface area (Å²) in [6.45, 7) is 6.00. The van der Waals surface area contributed by atoms with Gasteiger partial charge in [-0.05, 0) is 13.3 Å². The molecule has 0 unspecified atom stereocenters. The summed E-state index contributed by atoms with van der Waals surface area (Å²) in [5.74, 6) is 0. The number of quaternary nitrogens is 1.